The van der Waals surface area contributed by atoms with Crippen molar-refractivity contribution < 1.29 is 0 Å². The first-order valence-electron chi connectivity index (χ1n) is 5.38. The van der Waals surface area contributed by atoms with Crippen molar-refractivity contribution in [3.8, 4) is 0 Å². The predicted molar refractivity (Wildman–Crippen MR) is 75.5 cm³/mol. The Morgan fingerprint density at radius 2 is 2.06 bits per heavy atom. The zero-order chi connectivity index (χ0) is 12.7. The molecule has 2 aromatic heterocycles. The van der Waals surface area contributed by atoms with Crippen molar-refractivity contribution in [3.05, 3.63) is 45.8 Å². The third kappa shape index (κ3) is 1.62. The van der Waals surface area contributed by atoms with Gasteiger partial charge in [-0.2, -0.15) is 0 Å². The van der Waals surface area contributed by atoms with E-state index >= 15 is 0 Å². The molecule has 18 heavy (non-hydrogen) atoms. The van der Waals surface area contributed by atoms with E-state index in [0.717, 1.165) is 16.9 Å². The lowest BCUT2D eigenvalue weighted by Gasteiger charge is -2.02. The van der Waals surface area contributed by atoms with Crippen LogP contribution in [-0.2, 0) is 5.88 Å². The Kier molecular flexibility index (Phi) is 2.80. The molecule has 4 nitrogen and oxygen atoms in total. The van der Waals surface area contributed by atoms with E-state index in [1.54, 1.807) is 16.2 Å². The molecule has 0 N–H and O–H groups in total. The quantitative estimate of drug-likeness (QED) is 0.677. The summed E-state index contributed by atoms with van der Waals surface area (Å²) in [5, 5.41) is 0.227. The number of rotatable bonds is 2. The van der Waals surface area contributed by atoms with Gasteiger partial charge in [0.25, 0.3) is 5.56 Å². The van der Waals surface area contributed by atoms with E-state index in [1.807, 2.05) is 35.1 Å². The van der Waals surface area contributed by atoms with Crippen LogP contribution >= 0.6 is 23.4 Å². The van der Waals surface area contributed by atoms with Crippen LogP contribution in [0.25, 0.3) is 16.8 Å². The van der Waals surface area contributed by atoms with Crippen molar-refractivity contribution in [2.24, 2.45) is 0 Å². The molecule has 0 saturated carbocycles. The second kappa shape index (κ2) is 4.33. The van der Waals surface area contributed by atoms with Crippen LogP contribution in [0.5, 0.6) is 0 Å². The number of thioether (sulfide) groups is 1. The van der Waals surface area contributed by atoms with Crippen molar-refractivity contribution >= 4 is 40.2 Å². The van der Waals surface area contributed by atoms with Gasteiger partial charge in [0, 0.05) is 6.07 Å². The number of halogens is 1. The molecule has 0 atom stereocenters. The summed E-state index contributed by atoms with van der Waals surface area (Å²) in [4.78, 5) is 16.3. The maximum absolute atomic E-state index is 12.0. The van der Waals surface area contributed by atoms with E-state index < -0.39 is 0 Å². The molecule has 92 valence electrons. The SMILES string of the molecule is CSCn1c2ccccc2n2c(=O)cc(Cl)nc12. The summed E-state index contributed by atoms with van der Waals surface area (Å²) in [6, 6.07) is 9.09. The third-order valence-electron chi connectivity index (χ3n) is 2.78. The molecule has 0 unspecified atom stereocenters. The van der Waals surface area contributed by atoms with Gasteiger partial charge in [-0.05, 0) is 18.4 Å². The first-order chi connectivity index (χ1) is 8.72. The van der Waals surface area contributed by atoms with Crippen LogP contribution in [0.1, 0.15) is 0 Å². The summed E-state index contributed by atoms with van der Waals surface area (Å²) >= 11 is 7.54. The molecule has 0 amide bonds. The Labute approximate surface area is 112 Å². The fraction of sp³-hybridized carbons (Fsp3) is 0.167. The summed E-state index contributed by atoms with van der Waals surface area (Å²) in [6.07, 6.45) is 2.01. The highest BCUT2D eigenvalue weighted by Crippen LogP contribution is 2.20. The molecule has 0 aliphatic rings. The lowest BCUT2D eigenvalue weighted by molar-refractivity contribution is 0.920. The highest BCUT2D eigenvalue weighted by molar-refractivity contribution is 7.97. The smallest absolute Gasteiger partial charge is 0.261 e. The van der Waals surface area contributed by atoms with Crippen LogP contribution in [0.15, 0.2) is 35.1 Å². The molecule has 0 spiro atoms. The van der Waals surface area contributed by atoms with Crippen LogP contribution in [0.4, 0.5) is 0 Å². The zero-order valence-electron chi connectivity index (χ0n) is 9.63. The van der Waals surface area contributed by atoms with Crippen LogP contribution < -0.4 is 5.56 Å². The van der Waals surface area contributed by atoms with Gasteiger partial charge in [-0.1, -0.05) is 23.7 Å². The highest BCUT2D eigenvalue weighted by atomic mass is 35.5. The monoisotopic (exact) mass is 279 g/mol. The number of nitrogens with zero attached hydrogens (tertiary/aromatic N) is 3. The van der Waals surface area contributed by atoms with Crippen molar-refractivity contribution in [2.45, 2.75) is 5.88 Å². The molecular formula is C12H10ClN3OS. The van der Waals surface area contributed by atoms with Gasteiger partial charge in [-0.3, -0.25) is 9.36 Å². The average Bonchev–Trinajstić information content (AvgIpc) is 2.65. The fourth-order valence-electron chi connectivity index (χ4n) is 2.10. The van der Waals surface area contributed by atoms with E-state index in [0.29, 0.717) is 5.78 Å². The Hall–Kier alpha value is -1.46. The number of hydrogen-bond acceptors (Lipinski definition) is 3. The first-order valence-corrected chi connectivity index (χ1v) is 7.15. The van der Waals surface area contributed by atoms with Gasteiger partial charge in [0.1, 0.15) is 5.15 Å². The maximum atomic E-state index is 12.0. The van der Waals surface area contributed by atoms with Gasteiger partial charge in [-0.25, -0.2) is 9.38 Å². The zero-order valence-corrected chi connectivity index (χ0v) is 11.2. The van der Waals surface area contributed by atoms with Gasteiger partial charge in [0.2, 0.25) is 5.78 Å². The Morgan fingerprint density at radius 3 is 2.78 bits per heavy atom. The number of aromatic nitrogens is 3. The highest BCUT2D eigenvalue weighted by Gasteiger charge is 2.12. The van der Waals surface area contributed by atoms with Gasteiger partial charge < -0.3 is 0 Å². The van der Waals surface area contributed by atoms with E-state index in [2.05, 4.69) is 4.98 Å². The minimum absolute atomic E-state index is 0.152. The summed E-state index contributed by atoms with van der Waals surface area (Å²) in [5.41, 5.74) is 1.69. The molecule has 0 bridgehead atoms. The van der Waals surface area contributed by atoms with E-state index in [-0.39, 0.29) is 10.7 Å². The molecule has 3 rings (SSSR count). The molecule has 0 fully saturated rings. The molecule has 3 aromatic rings. The topological polar surface area (TPSA) is 39.3 Å². The van der Waals surface area contributed by atoms with Crippen LogP contribution in [0.3, 0.4) is 0 Å². The molecule has 2 heterocycles. The molecule has 6 heteroatoms. The summed E-state index contributed by atoms with van der Waals surface area (Å²) in [7, 11) is 0. The normalized spacial score (nSPS) is 11.4. The fourth-order valence-corrected chi connectivity index (χ4v) is 2.78. The summed E-state index contributed by atoms with van der Waals surface area (Å²) < 4.78 is 3.59. The Bertz CT molecular complexity index is 793. The lowest BCUT2D eigenvalue weighted by Crippen LogP contribution is -2.13. The van der Waals surface area contributed by atoms with Crippen LogP contribution in [0, 0.1) is 0 Å². The number of benzene rings is 1. The van der Waals surface area contributed by atoms with Crippen molar-refractivity contribution in [3.63, 3.8) is 0 Å². The van der Waals surface area contributed by atoms with Gasteiger partial charge in [-0.15, -0.1) is 11.8 Å². The molecule has 0 radical (unpaired) electrons. The van der Waals surface area contributed by atoms with Crippen molar-refractivity contribution in [1.82, 2.24) is 14.0 Å². The maximum Gasteiger partial charge on any atom is 0.261 e. The number of imidazole rings is 1. The van der Waals surface area contributed by atoms with E-state index in [4.69, 9.17) is 11.6 Å². The minimum Gasteiger partial charge on any atom is -0.300 e. The van der Waals surface area contributed by atoms with Gasteiger partial charge in [0.05, 0.1) is 16.9 Å². The molecule has 0 aliphatic carbocycles. The van der Waals surface area contributed by atoms with E-state index in [9.17, 15) is 4.79 Å². The number of hydrogen-bond donors (Lipinski definition) is 0. The summed E-state index contributed by atoms with van der Waals surface area (Å²) in [6.45, 7) is 0. The lowest BCUT2D eigenvalue weighted by atomic mass is 10.3. The minimum atomic E-state index is -0.152. The number of fused-ring (bicyclic) bond motifs is 3. The third-order valence-corrected chi connectivity index (χ3v) is 3.49. The molecule has 0 aliphatic heterocycles. The van der Waals surface area contributed by atoms with Crippen LogP contribution in [0.2, 0.25) is 5.15 Å². The second-order valence-electron chi connectivity index (χ2n) is 3.89. The largest absolute Gasteiger partial charge is 0.300 e. The van der Waals surface area contributed by atoms with Crippen molar-refractivity contribution in [2.75, 3.05) is 6.26 Å². The van der Waals surface area contributed by atoms with Crippen LogP contribution in [-0.4, -0.2) is 20.2 Å². The molecular weight excluding hydrogens is 270 g/mol. The van der Waals surface area contributed by atoms with Gasteiger partial charge >= 0.3 is 0 Å². The number of para-hydroxylation sites is 2. The summed E-state index contributed by atoms with van der Waals surface area (Å²) in [5.74, 6) is 1.31. The Morgan fingerprint density at radius 1 is 1.33 bits per heavy atom. The molecule has 1 aromatic carbocycles. The predicted octanol–water partition coefficient (Wildman–Crippen LogP) is 2.62. The standard InChI is InChI=1S/C12H10ClN3OS/c1-18-7-15-8-4-2-3-5-9(8)16-11(17)6-10(13)14-12(15)16/h2-6H,7H2,1H3. The average molecular weight is 280 g/mol. The Balaban J connectivity index is 2.58. The van der Waals surface area contributed by atoms with E-state index in [1.165, 1.54) is 6.07 Å². The first kappa shape index (κ1) is 11.6. The van der Waals surface area contributed by atoms with Gasteiger partial charge in [0.15, 0.2) is 0 Å². The van der Waals surface area contributed by atoms with Crippen molar-refractivity contribution in [1.29, 1.82) is 0 Å². The second-order valence-corrected chi connectivity index (χ2v) is 5.11. The molecule has 0 saturated heterocycles.